The molecule has 1 aromatic rings. The molecule has 0 fully saturated rings. The van der Waals surface area contributed by atoms with Gasteiger partial charge in [-0.25, -0.2) is 0 Å². The van der Waals surface area contributed by atoms with E-state index in [-0.39, 0.29) is 0 Å². The predicted molar refractivity (Wildman–Crippen MR) is 64.9 cm³/mol. The summed E-state index contributed by atoms with van der Waals surface area (Å²) in [7, 11) is 0. The first kappa shape index (κ1) is 14.0. The van der Waals surface area contributed by atoms with E-state index in [1.54, 1.807) is 24.3 Å². The normalized spacial score (nSPS) is 11.8. The molecule has 1 rings (SSSR count). The second kappa shape index (κ2) is 6.64. The molecule has 0 spiro atoms. The van der Waals surface area contributed by atoms with Gasteiger partial charge in [0.05, 0.1) is 18.9 Å². The minimum atomic E-state index is -1.14. The third kappa shape index (κ3) is 4.08. The van der Waals surface area contributed by atoms with Gasteiger partial charge in [-0.15, -0.1) is 0 Å². The van der Waals surface area contributed by atoms with Crippen molar-refractivity contribution in [3.63, 3.8) is 0 Å². The summed E-state index contributed by atoms with van der Waals surface area (Å²) in [6.45, 7) is 2.58. The molecule has 98 valence electrons. The highest BCUT2D eigenvalue weighted by atomic mass is 16.5. The van der Waals surface area contributed by atoms with Crippen LogP contribution in [0.4, 0.5) is 0 Å². The summed E-state index contributed by atoms with van der Waals surface area (Å²) in [5.74, 6) is -2.64. The maximum absolute atomic E-state index is 11.0. The second-order valence-electron chi connectivity index (χ2n) is 3.91. The second-order valence-corrected chi connectivity index (χ2v) is 3.91. The topological polar surface area (TPSA) is 83.8 Å². The largest absolute Gasteiger partial charge is 0.494 e. The zero-order valence-electron chi connectivity index (χ0n) is 10.1. The number of benzene rings is 1. The summed E-state index contributed by atoms with van der Waals surface area (Å²) in [4.78, 5) is 21.6. The van der Waals surface area contributed by atoms with Crippen molar-refractivity contribution >= 4 is 11.9 Å². The first-order chi connectivity index (χ1) is 8.54. The van der Waals surface area contributed by atoms with Crippen molar-refractivity contribution in [2.45, 2.75) is 25.7 Å². The molecule has 0 saturated carbocycles. The quantitative estimate of drug-likeness (QED) is 0.776. The number of carboxylic acid groups (broad SMARTS) is 2. The minimum absolute atomic E-state index is 0.426. The zero-order chi connectivity index (χ0) is 13.5. The SMILES string of the molecule is CCCOc1ccc([C@H](CC(=O)O)C(=O)O)cc1. The molecule has 2 N–H and O–H groups in total. The summed E-state index contributed by atoms with van der Waals surface area (Å²) < 4.78 is 5.37. The molecule has 0 amide bonds. The standard InChI is InChI=1S/C13H16O5/c1-2-7-18-10-5-3-9(4-6-10)11(13(16)17)8-12(14)15/h3-6,11H,2,7-8H2,1H3,(H,14,15)(H,16,17)/t11-/m0/s1. The summed E-state index contributed by atoms with van der Waals surface area (Å²) >= 11 is 0. The number of carbonyl (C=O) groups is 2. The van der Waals surface area contributed by atoms with Gasteiger partial charge in [-0.3, -0.25) is 9.59 Å². The lowest BCUT2D eigenvalue weighted by molar-refractivity contribution is -0.145. The van der Waals surface area contributed by atoms with E-state index in [4.69, 9.17) is 14.9 Å². The molecule has 0 aliphatic carbocycles. The van der Waals surface area contributed by atoms with Gasteiger partial charge in [0.15, 0.2) is 0 Å². The monoisotopic (exact) mass is 252 g/mol. The molecular weight excluding hydrogens is 236 g/mol. The first-order valence-electron chi connectivity index (χ1n) is 5.72. The molecule has 0 aromatic heterocycles. The van der Waals surface area contributed by atoms with Crippen molar-refractivity contribution in [1.82, 2.24) is 0 Å². The van der Waals surface area contributed by atoms with Crippen LogP contribution in [0.3, 0.4) is 0 Å². The number of aliphatic carboxylic acids is 2. The predicted octanol–water partition coefficient (Wildman–Crippen LogP) is 2.12. The molecule has 18 heavy (non-hydrogen) atoms. The lowest BCUT2D eigenvalue weighted by Crippen LogP contribution is -2.15. The maximum atomic E-state index is 11.0. The van der Waals surface area contributed by atoms with Crippen LogP contribution in [-0.4, -0.2) is 28.8 Å². The Bertz CT molecular complexity index is 410. The molecule has 0 bridgehead atoms. The van der Waals surface area contributed by atoms with Gasteiger partial charge in [0.1, 0.15) is 5.75 Å². The van der Waals surface area contributed by atoms with E-state index < -0.39 is 24.3 Å². The van der Waals surface area contributed by atoms with Crippen LogP contribution in [-0.2, 0) is 9.59 Å². The highest BCUT2D eigenvalue weighted by Gasteiger charge is 2.22. The Morgan fingerprint density at radius 1 is 1.22 bits per heavy atom. The van der Waals surface area contributed by atoms with Crippen LogP contribution in [0.2, 0.25) is 0 Å². The highest BCUT2D eigenvalue weighted by Crippen LogP contribution is 2.23. The molecular formula is C13H16O5. The van der Waals surface area contributed by atoms with Crippen LogP contribution in [0.1, 0.15) is 31.2 Å². The van der Waals surface area contributed by atoms with E-state index in [0.29, 0.717) is 17.9 Å². The summed E-state index contributed by atoms with van der Waals surface area (Å²) in [6.07, 6.45) is 0.461. The minimum Gasteiger partial charge on any atom is -0.494 e. The van der Waals surface area contributed by atoms with Gasteiger partial charge >= 0.3 is 11.9 Å². The van der Waals surface area contributed by atoms with E-state index in [1.165, 1.54) is 0 Å². The van der Waals surface area contributed by atoms with Crippen molar-refractivity contribution < 1.29 is 24.5 Å². The summed E-state index contributed by atoms with van der Waals surface area (Å²) in [5, 5.41) is 17.7. The van der Waals surface area contributed by atoms with Gasteiger partial charge in [-0.05, 0) is 24.1 Å². The highest BCUT2D eigenvalue weighted by molar-refractivity contribution is 5.82. The molecule has 0 aliphatic rings. The van der Waals surface area contributed by atoms with E-state index in [2.05, 4.69) is 0 Å². The van der Waals surface area contributed by atoms with E-state index in [0.717, 1.165) is 6.42 Å². The van der Waals surface area contributed by atoms with E-state index in [1.807, 2.05) is 6.92 Å². The average molecular weight is 252 g/mol. The van der Waals surface area contributed by atoms with Crippen molar-refractivity contribution in [3.05, 3.63) is 29.8 Å². The van der Waals surface area contributed by atoms with Gasteiger partial charge in [0, 0.05) is 0 Å². The van der Waals surface area contributed by atoms with Crippen molar-refractivity contribution in [2.75, 3.05) is 6.61 Å². The Labute approximate surface area is 105 Å². The molecule has 1 atom stereocenters. The molecule has 1 aromatic carbocycles. The summed E-state index contributed by atoms with van der Waals surface area (Å²) in [5.41, 5.74) is 0.466. The zero-order valence-corrected chi connectivity index (χ0v) is 10.1. The Kier molecular flexibility index (Phi) is 5.17. The first-order valence-corrected chi connectivity index (χ1v) is 5.72. The van der Waals surface area contributed by atoms with Gasteiger partial charge < -0.3 is 14.9 Å². The van der Waals surface area contributed by atoms with Gasteiger partial charge in [-0.1, -0.05) is 19.1 Å². The van der Waals surface area contributed by atoms with Crippen molar-refractivity contribution in [1.29, 1.82) is 0 Å². The molecule has 0 radical (unpaired) electrons. The molecule has 0 heterocycles. The van der Waals surface area contributed by atoms with Crippen LogP contribution in [0.25, 0.3) is 0 Å². The van der Waals surface area contributed by atoms with Crippen molar-refractivity contribution in [3.8, 4) is 5.75 Å². The van der Waals surface area contributed by atoms with Gasteiger partial charge in [-0.2, -0.15) is 0 Å². The third-order valence-electron chi connectivity index (χ3n) is 2.43. The number of rotatable bonds is 7. The Balaban J connectivity index is 2.80. The molecule has 5 nitrogen and oxygen atoms in total. The van der Waals surface area contributed by atoms with Crippen molar-refractivity contribution in [2.24, 2.45) is 0 Å². The lowest BCUT2D eigenvalue weighted by atomic mass is 9.96. The Hall–Kier alpha value is -2.04. The molecule has 0 saturated heterocycles. The van der Waals surface area contributed by atoms with Gasteiger partial charge in [0.2, 0.25) is 0 Å². The van der Waals surface area contributed by atoms with Gasteiger partial charge in [0.25, 0.3) is 0 Å². The third-order valence-corrected chi connectivity index (χ3v) is 2.43. The molecule has 0 unspecified atom stereocenters. The van der Waals surface area contributed by atoms with E-state index >= 15 is 0 Å². The fourth-order valence-electron chi connectivity index (χ4n) is 1.54. The fourth-order valence-corrected chi connectivity index (χ4v) is 1.54. The van der Waals surface area contributed by atoms with Crippen LogP contribution in [0.15, 0.2) is 24.3 Å². The number of hydrogen-bond donors (Lipinski definition) is 2. The van der Waals surface area contributed by atoms with Crippen LogP contribution < -0.4 is 4.74 Å². The average Bonchev–Trinajstić information content (AvgIpc) is 2.34. The maximum Gasteiger partial charge on any atom is 0.311 e. The Morgan fingerprint density at radius 3 is 2.28 bits per heavy atom. The van der Waals surface area contributed by atoms with Crippen LogP contribution in [0, 0.1) is 0 Å². The fraction of sp³-hybridized carbons (Fsp3) is 0.385. The number of hydrogen-bond acceptors (Lipinski definition) is 3. The number of carboxylic acids is 2. The lowest BCUT2D eigenvalue weighted by Gasteiger charge is -2.11. The number of ether oxygens (including phenoxy) is 1. The summed E-state index contributed by atoms with van der Waals surface area (Å²) in [6, 6.07) is 6.49. The molecule has 5 heteroatoms. The smallest absolute Gasteiger partial charge is 0.311 e. The van der Waals surface area contributed by atoms with Crippen LogP contribution >= 0.6 is 0 Å². The van der Waals surface area contributed by atoms with Crippen LogP contribution in [0.5, 0.6) is 5.75 Å². The van der Waals surface area contributed by atoms with E-state index in [9.17, 15) is 9.59 Å². The Morgan fingerprint density at radius 2 is 1.83 bits per heavy atom. The molecule has 0 aliphatic heterocycles.